The predicted molar refractivity (Wildman–Crippen MR) is 102 cm³/mol. The first-order chi connectivity index (χ1) is 14.1. The Labute approximate surface area is 165 Å². The molecule has 2 aromatic carbocycles. The van der Waals surface area contributed by atoms with Crippen LogP contribution in [0.4, 0.5) is 4.39 Å². The van der Waals surface area contributed by atoms with Crippen LogP contribution in [0, 0.1) is 12.7 Å². The summed E-state index contributed by atoms with van der Waals surface area (Å²) in [6, 6.07) is 12.9. The first-order valence-corrected chi connectivity index (χ1v) is 8.98. The standard InChI is InChI=1S/C21H17FN4O3/c1-13-24-19(26-29-13)15-3-2-4-16(11-15)20(27)23-10-9-18-12-28-21(25-18)14-5-7-17(22)8-6-14/h2-8,11-12H,9-10H2,1H3,(H,23,27). The fourth-order valence-corrected chi connectivity index (χ4v) is 2.77. The number of benzene rings is 2. The van der Waals surface area contributed by atoms with E-state index in [1.807, 2.05) is 6.07 Å². The molecule has 4 aromatic rings. The zero-order valence-corrected chi connectivity index (χ0v) is 15.6. The molecule has 146 valence electrons. The molecule has 2 heterocycles. The van der Waals surface area contributed by atoms with Crippen molar-refractivity contribution in [2.45, 2.75) is 13.3 Å². The Morgan fingerprint density at radius 3 is 2.69 bits per heavy atom. The number of nitrogens with zero attached hydrogens (tertiary/aromatic N) is 3. The number of hydrogen-bond acceptors (Lipinski definition) is 6. The molecule has 0 radical (unpaired) electrons. The van der Waals surface area contributed by atoms with Crippen molar-refractivity contribution in [3.63, 3.8) is 0 Å². The zero-order valence-electron chi connectivity index (χ0n) is 15.6. The fraction of sp³-hybridized carbons (Fsp3) is 0.143. The van der Waals surface area contributed by atoms with Crippen LogP contribution >= 0.6 is 0 Å². The van der Waals surface area contributed by atoms with E-state index in [0.29, 0.717) is 53.0 Å². The summed E-state index contributed by atoms with van der Waals surface area (Å²) >= 11 is 0. The van der Waals surface area contributed by atoms with Crippen LogP contribution in [0.1, 0.15) is 21.9 Å². The summed E-state index contributed by atoms with van der Waals surface area (Å²) in [5.74, 6) is 0.779. The smallest absolute Gasteiger partial charge is 0.251 e. The Balaban J connectivity index is 1.35. The van der Waals surface area contributed by atoms with Gasteiger partial charge in [0.15, 0.2) is 0 Å². The van der Waals surface area contributed by atoms with Crippen LogP contribution < -0.4 is 5.32 Å². The van der Waals surface area contributed by atoms with E-state index in [2.05, 4.69) is 20.4 Å². The molecule has 0 unspecified atom stereocenters. The number of oxazole rings is 1. The third-order valence-electron chi connectivity index (χ3n) is 4.22. The van der Waals surface area contributed by atoms with E-state index in [-0.39, 0.29) is 11.7 Å². The molecule has 1 amide bonds. The van der Waals surface area contributed by atoms with Crippen molar-refractivity contribution in [1.29, 1.82) is 0 Å². The summed E-state index contributed by atoms with van der Waals surface area (Å²) in [5.41, 5.74) is 2.59. The number of nitrogens with one attached hydrogen (secondary N) is 1. The Hall–Kier alpha value is -3.81. The van der Waals surface area contributed by atoms with Gasteiger partial charge in [0.05, 0.1) is 5.69 Å². The highest BCUT2D eigenvalue weighted by Crippen LogP contribution is 2.19. The average Bonchev–Trinajstić information content (AvgIpc) is 3.38. The SMILES string of the molecule is Cc1nc(-c2cccc(C(=O)NCCc3coc(-c4ccc(F)cc4)n3)c2)no1. The van der Waals surface area contributed by atoms with Crippen LogP contribution in [0.3, 0.4) is 0 Å². The second-order valence-corrected chi connectivity index (χ2v) is 6.37. The molecule has 4 rings (SSSR count). The Morgan fingerprint density at radius 1 is 1.10 bits per heavy atom. The molecule has 0 fully saturated rings. The van der Waals surface area contributed by atoms with Crippen LogP contribution in [-0.4, -0.2) is 27.6 Å². The van der Waals surface area contributed by atoms with Crippen LogP contribution in [0.2, 0.25) is 0 Å². The number of halogens is 1. The van der Waals surface area contributed by atoms with E-state index >= 15 is 0 Å². The highest BCUT2D eigenvalue weighted by atomic mass is 19.1. The zero-order chi connectivity index (χ0) is 20.2. The summed E-state index contributed by atoms with van der Waals surface area (Å²) in [6.07, 6.45) is 2.03. The van der Waals surface area contributed by atoms with Crippen molar-refractivity contribution in [1.82, 2.24) is 20.4 Å². The van der Waals surface area contributed by atoms with E-state index in [9.17, 15) is 9.18 Å². The van der Waals surface area contributed by atoms with Gasteiger partial charge in [0.1, 0.15) is 12.1 Å². The molecule has 0 aliphatic rings. The first kappa shape index (κ1) is 18.5. The fourth-order valence-electron chi connectivity index (χ4n) is 2.77. The summed E-state index contributed by atoms with van der Waals surface area (Å²) in [4.78, 5) is 21.0. The van der Waals surface area contributed by atoms with Crippen LogP contribution in [0.25, 0.3) is 22.8 Å². The topological polar surface area (TPSA) is 94.1 Å². The van der Waals surface area contributed by atoms with Crippen molar-refractivity contribution in [2.75, 3.05) is 6.54 Å². The minimum Gasteiger partial charge on any atom is -0.444 e. The summed E-state index contributed by atoms with van der Waals surface area (Å²) < 4.78 is 23.4. The normalized spacial score (nSPS) is 10.8. The third kappa shape index (κ3) is 4.37. The second kappa shape index (κ2) is 8.05. The van der Waals surface area contributed by atoms with Gasteiger partial charge in [-0.2, -0.15) is 4.98 Å². The molecular weight excluding hydrogens is 375 g/mol. The highest BCUT2D eigenvalue weighted by Gasteiger charge is 2.11. The van der Waals surface area contributed by atoms with E-state index in [1.165, 1.54) is 18.4 Å². The van der Waals surface area contributed by atoms with E-state index < -0.39 is 0 Å². The van der Waals surface area contributed by atoms with Crippen LogP contribution in [0.5, 0.6) is 0 Å². The van der Waals surface area contributed by atoms with Crippen LogP contribution in [-0.2, 0) is 6.42 Å². The number of rotatable bonds is 6. The Kier molecular flexibility index (Phi) is 5.15. The maximum atomic E-state index is 13.0. The van der Waals surface area contributed by atoms with Gasteiger partial charge >= 0.3 is 0 Å². The van der Waals surface area contributed by atoms with Gasteiger partial charge in [0, 0.05) is 36.6 Å². The molecule has 0 aliphatic heterocycles. The lowest BCUT2D eigenvalue weighted by Crippen LogP contribution is -2.25. The lowest BCUT2D eigenvalue weighted by atomic mass is 10.1. The monoisotopic (exact) mass is 392 g/mol. The van der Waals surface area contributed by atoms with Crippen molar-refractivity contribution in [2.24, 2.45) is 0 Å². The molecule has 2 aromatic heterocycles. The average molecular weight is 392 g/mol. The van der Waals surface area contributed by atoms with E-state index in [1.54, 1.807) is 37.3 Å². The summed E-state index contributed by atoms with van der Waals surface area (Å²) in [7, 11) is 0. The van der Waals surface area contributed by atoms with Gasteiger partial charge in [-0.25, -0.2) is 9.37 Å². The number of carbonyl (C=O) groups excluding carboxylic acids is 1. The van der Waals surface area contributed by atoms with Crippen LogP contribution in [0.15, 0.2) is 63.7 Å². The number of carbonyl (C=O) groups is 1. The molecule has 0 aliphatic carbocycles. The largest absolute Gasteiger partial charge is 0.444 e. The molecule has 0 saturated heterocycles. The van der Waals surface area contributed by atoms with Gasteiger partial charge in [0.2, 0.25) is 17.6 Å². The van der Waals surface area contributed by atoms with E-state index in [0.717, 1.165) is 0 Å². The van der Waals surface area contributed by atoms with Gasteiger partial charge in [-0.1, -0.05) is 17.3 Å². The van der Waals surface area contributed by atoms with Gasteiger partial charge in [-0.3, -0.25) is 4.79 Å². The van der Waals surface area contributed by atoms with Gasteiger partial charge in [0.25, 0.3) is 5.91 Å². The van der Waals surface area contributed by atoms with Crippen molar-refractivity contribution in [3.8, 4) is 22.8 Å². The van der Waals surface area contributed by atoms with Crippen molar-refractivity contribution >= 4 is 5.91 Å². The van der Waals surface area contributed by atoms with Gasteiger partial charge in [-0.15, -0.1) is 0 Å². The van der Waals surface area contributed by atoms with Gasteiger partial charge < -0.3 is 14.3 Å². The van der Waals surface area contributed by atoms with Crippen molar-refractivity contribution < 1.29 is 18.1 Å². The quantitative estimate of drug-likeness (QED) is 0.536. The second-order valence-electron chi connectivity index (χ2n) is 6.37. The Bertz CT molecular complexity index is 1130. The Morgan fingerprint density at radius 2 is 1.93 bits per heavy atom. The van der Waals surface area contributed by atoms with E-state index in [4.69, 9.17) is 8.94 Å². The molecule has 29 heavy (non-hydrogen) atoms. The molecule has 1 N–H and O–H groups in total. The lowest BCUT2D eigenvalue weighted by molar-refractivity contribution is 0.0954. The molecular formula is C21H17FN4O3. The molecule has 0 spiro atoms. The molecule has 7 nitrogen and oxygen atoms in total. The predicted octanol–water partition coefficient (Wildman–Crippen LogP) is 3.81. The maximum Gasteiger partial charge on any atom is 0.251 e. The maximum absolute atomic E-state index is 13.0. The minimum absolute atomic E-state index is 0.214. The number of aromatic nitrogens is 3. The van der Waals surface area contributed by atoms with Crippen molar-refractivity contribution in [3.05, 3.63) is 77.8 Å². The first-order valence-electron chi connectivity index (χ1n) is 8.98. The summed E-state index contributed by atoms with van der Waals surface area (Å²) in [5, 5.41) is 6.72. The molecule has 0 atom stereocenters. The highest BCUT2D eigenvalue weighted by molar-refractivity contribution is 5.95. The number of hydrogen-bond donors (Lipinski definition) is 1. The molecule has 8 heteroatoms. The third-order valence-corrected chi connectivity index (χ3v) is 4.22. The lowest BCUT2D eigenvalue weighted by Gasteiger charge is -2.05. The number of amides is 1. The number of aryl methyl sites for hydroxylation is 1. The summed E-state index contributed by atoms with van der Waals surface area (Å²) in [6.45, 7) is 2.10. The molecule has 0 bridgehead atoms. The molecule has 0 saturated carbocycles. The van der Waals surface area contributed by atoms with Gasteiger partial charge in [-0.05, 0) is 36.4 Å². The minimum atomic E-state index is -0.318.